The van der Waals surface area contributed by atoms with Gasteiger partial charge in [0.2, 0.25) is 0 Å². The van der Waals surface area contributed by atoms with Gasteiger partial charge in [-0.3, -0.25) is 4.79 Å². The van der Waals surface area contributed by atoms with Crippen molar-refractivity contribution in [2.24, 2.45) is 5.92 Å². The van der Waals surface area contributed by atoms with Crippen LogP contribution in [-0.2, 0) is 0 Å². The fraction of sp³-hybridized carbons (Fsp3) is 0.500. The zero-order chi connectivity index (χ0) is 20.1. The van der Waals surface area contributed by atoms with Gasteiger partial charge in [0.15, 0.2) is 0 Å². The van der Waals surface area contributed by atoms with Gasteiger partial charge in [-0.15, -0.1) is 0 Å². The summed E-state index contributed by atoms with van der Waals surface area (Å²) in [6, 6.07) is 14.6. The van der Waals surface area contributed by atoms with Crippen LogP contribution < -0.4 is 5.32 Å². The molecule has 2 saturated heterocycles. The average Bonchev–Trinajstić information content (AvgIpc) is 3.28. The van der Waals surface area contributed by atoms with E-state index in [2.05, 4.69) is 52.5 Å². The second kappa shape index (κ2) is 9.40. The predicted octanol–water partition coefficient (Wildman–Crippen LogP) is 4.20. The Morgan fingerprint density at radius 1 is 1.07 bits per heavy atom. The molecule has 5 heteroatoms. The summed E-state index contributed by atoms with van der Waals surface area (Å²) in [4.78, 5) is 21.8. The lowest BCUT2D eigenvalue weighted by atomic mass is 9.99. The molecule has 1 amide bonds. The molecule has 2 aliphatic rings. The lowest BCUT2D eigenvalue weighted by Gasteiger charge is -2.30. The van der Waals surface area contributed by atoms with Crippen LogP contribution in [0, 0.1) is 5.92 Å². The zero-order valence-electron chi connectivity index (χ0n) is 17.4. The van der Waals surface area contributed by atoms with Gasteiger partial charge >= 0.3 is 0 Å². The minimum absolute atomic E-state index is 0.104. The number of likely N-dealkylation sites (tertiary alicyclic amines) is 2. The van der Waals surface area contributed by atoms with Crippen LogP contribution in [-0.4, -0.2) is 53.4 Å². The van der Waals surface area contributed by atoms with Crippen LogP contribution in [0.5, 0.6) is 0 Å². The number of hydrogen-bond donors (Lipinski definition) is 1. The Labute approximate surface area is 174 Å². The topological polar surface area (TPSA) is 48.5 Å². The standard InChI is InChI=1S/C24H32N4O/c1-19-11-15-28(16-12-19)24(29)21-9-10-23(25-17-21)26-22(18-27-13-5-6-14-27)20-7-3-2-4-8-20/h2-4,7-10,17,19,22H,5-6,11-16,18H2,1H3,(H,25,26). The number of amides is 1. The van der Waals surface area contributed by atoms with Gasteiger partial charge in [0.25, 0.3) is 5.91 Å². The SMILES string of the molecule is CC1CCN(C(=O)c2ccc(NC(CN3CCCC3)c3ccccc3)nc2)CC1. The fourth-order valence-electron chi connectivity index (χ4n) is 4.32. The van der Waals surface area contributed by atoms with Gasteiger partial charge in [0.05, 0.1) is 11.6 Å². The molecule has 1 N–H and O–H groups in total. The van der Waals surface area contributed by atoms with Gasteiger partial charge in [-0.1, -0.05) is 37.3 Å². The Balaban J connectivity index is 1.43. The Kier molecular flexibility index (Phi) is 6.45. The molecule has 1 unspecified atom stereocenters. The molecule has 2 fully saturated rings. The number of nitrogens with one attached hydrogen (secondary N) is 1. The summed E-state index contributed by atoms with van der Waals surface area (Å²) in [5.41, 5.74) is 1.95. The Bertz CT molecular complexity index is 778. The Hall–Kier alpha value is -2.40. The largest absolute Gasteiger partial charge is 0.362 e. The van der Waals surface area contributed by atoms with Crippen molar-refractivity contribution in [2.75, 3.05) is 38.0 Å². The number of carbonyl (C=O) groups excluding carboxylic acids is 1. The maximum Gasteiger partial charge on any atom is 0.255 e. The lowest BCUT2D eigenvalue weighted by molar-refractivity contribution is 0.0697. The molecule has 4 rings (SSSR count). The summed E-state index contributed by atoms with van der Waals surface area (Å²) >= 11 is 0. The number of pyridine rings is 1. The number of rotatable bonds is 6. The normalized spacial score (nSPS) is 19.3. The summed E-state index contributed by atoms with van der Waals surface area (Å²) in [5.74, 6) is 1.64. The number of anilines is 1. The van der Waals surface area contributed by atoms with Crippen molar-refractivity contribution in [3.05, 3.63) is 59.8 Å². The molecule has 0 saturated carbocycles. The molecule has 2 aromatic rings. The Morgan fingerprint density at radius 2 is 1.79 bits per heavy atom. The van der Waals surface area contributed by atoms with E-state index in [1.807, 2.05) is 17.0 Å². The molecule has 5 nitrogen and oxygen atoms in total. The van der Waals surface area contributed by atoms with Crippen LogP contribution >= 0.6 is 0 Å². The van der Waals surface area contributed by atoms with E-state index in [9.17, 15) is 4.79 Å². The summed E-state index contributed by atoms with van der Waals surface area (Å²) in [5, 5.41) is 3.60. The quantitative estimate of drug-likeness (QED) is 0.800. The Morgan fingerprint density at radius 3 is 2.45 bits per heavy atom. The maximum atomic E-state index is 12.8. The van der Waals surface area contributed by atoms with Crippen molar-refractivity contribution in [3.8, 4) is 0 Å². The van der Waals surface area contributed by atoms with E-state index in [0.717, 1.165) is 38.3 Å². The van der Waals surface area contributed by atoms with Crippen molar-refractivity contribution in [1.82, 2.24) is 14.8 Å². The van der Waals surface area contributed by atoms with Gasteiger partial charge in [-0.2, -0.15) is 0 Å². The molecule has 0 bridgehead atoms. The fourth-order valence-corrected chi connectivity index (χ4v) is 4.32. The van der Waals surface area contributed by atoms with Crippen LogP contribution in [0.2, 0.25) is 0 Å². The molecule has 29 heavy (non-hydrogen) atoms. The number of benzene rings is 1. The highest BCUT2D eigenvalue weighted by Crippen LogP contribution is 2.23. The predicted molar refractivity (Wildman–Crippen MR) is 117 cm³/mol. The zero-order valence-corrected chi connectivity index (χ0v) is 17.4. The molecule has 1 aromatic heterocycles. The van der Waals surface area contributed by atoms with Crippen LogP contribution in [0.25, 0.3) is 0 Å². The first kappa shape index (κ1) is 19.9. The second-order valence-corrected chi connectivity index (χ2v) is 8.52. The highest BCUT2D eigenvalue weighted by molar-refractivity contribution is 5.94. The summed E-state index contributed by atoms with van der Waals surface area (Å²) in [7, 11) is 0. The smallest absolute Gasteiger partial charge is 0.255 e. The van der Waals surface area contributed by atoms with Crippen molar-refractivity contribution < 1.29 is 4.79 Å². The van der Waals surface area contributed by atoms with Crippen molar-refractivity contribution in [1.29, 1.82) is 0 Å². The molecular weight excluding hydrogens is 360 g/mol. The van der Waals surface area contributed by atoms with E-state index < -0.39 is 0 Å². The first-order valence-electron chi connectivity index (χ1n) is 11.0. The van der Waals surface area contributed by atoms with Gasteiger partial charge in [-0.25, -0.2) is 4.98 Å². The monoisotopic (exact) mass is 392 g/mol. The first-order chi connectivity index (χ1) is 14.2. The number of aromatic nitrogens is 1. The second-order valence-electron chi connectivity index (χ2n) is 8.52. The number of carbonyl (C=O) groups is 1. The van der Waals surface area contributed by atoms with Gasteiger partial charge in [0.1, 0.15) is 5.82 Å². The van der Waals surface area contributed by atoms with E-state index >= 15 is 0 Å². The molecule has 2 aliphatic heterocycles. The van der Waals surface area contributed by atoms with Crippen LogP contribution in [0.1, 0.15) is 54.6 Å². The number of nitrogens with zero attached hydrogens (tertiary/aromatic N) is 3. The average molecular weight is 393 g/mol. The van der Waals surface area contributed by atoms with Gasteiger partial charge in [0, 0.05) is 25.8 Å². The third-order valence-electron chi connectivity index (χ3n) is 6.24. The lowest BCUT2D eigenvalue weighted by Crippen LogP contribution is -2.37. The molecule has 0 spiro atoms. The molecule has 1 atom stereocenters. The molecule has 154 valence electrons. The molecule has 0 aliphatic carbocycles. The third kappa shape index (κ3) is 5.15. The highest BCUT2D eigenvalue weighted by atomic mass is 16.2. The van der Waals surface area contributed by atoms with Crippen molar-refractivity contribution >= 4 is 11.7 Å². The summed E-state index contributed by atoms with van der Waals surface area (Å²) < 4.78 is 0. The molecule has 1 aromatic carbocycles. The first-order valence-corrected chi connectivity index (χ1v) is 11.0. The maximum absolute atomic E-state index is 12.8. The van der Waals surface area contributed by atoms with Gasteiger partial charge < -0.3 is 15.1 Å². The summed E-state index contributed by atoms with van der Waals surface area (Å²) in [6.45, 7) is 7.27. The molecule has 0 radical (unpaired) electrons. The molecular formula is C24H32N4O. The van der Waals surface area contributed by atoms with E-state index in [1.165, 1.54) is 31.5 Å². The minimum Gasteiger partial charge on any atom is -0.362 e. The third-order valence-corrected chi connectivity index (χ3v) is 6.24. The van der Waals surface area contributed by atoms with Crippen LogP contribution in [0.15, 0.2) is 48.7 Å². The summed E-state index contributed by atoms with van der Waals surface area (Å²) in [6.07, 6.45) is 6.47. The number of piperidine rings is 1. The van der Waals surface area contributed by atoms with Crippen LogP contribution in [0.3, 0.4) is 0 Å². The van der Waals surface area contributed by atoms with E-state index in [1.54, 1.807) is 6.20 Å². The highest BCUT2D eigenvalue weighted by Gasteiger charge is 2.22. The van der Waals surface area contributed by atoms with E-state index in [0.29, 0.717) is 11.5 Å². The molecule has 3 heterocycles. The van der Waals surface area contributed by atoms with Crippen molar-refractivity contribution in [2.45, 2.75) is 38.6 Å². The van der Waals surface area contributed by atoms with Crippen molar-refractivity contribution in [3.63, 3.8) is 0 Å². The van der Waals surface area contributed by atoms with Crippen LogP contribution in [0.4, 0.5) is 5.82 Å². The van der Waals surface area contributed by atoms with E-state index in [4.69, 9.17) is 0 Å². The number of hydrogen-bond acceptors (Lipinski definition) is 4. The van der Waals surface area contributed by atoms with E-state index in [-0.39, 0.29) is 11.9 Å². The minimum atomic E-state index is 0.104. The van der Waals surface area contributed by atoms with Gasteiger partial charge in [-0.05, 0) is 62.4 Å².